The van der Waals surface area contributed by atoms with Crippen LogP contribution < -0.4 is 31.6 Å². The molecule has 0 fully saturated rings. The quantitative estimate of drug-likeness (QED) is 0.392. The van der Waals surface area contributed by atoms with E-state index in [1.54, 1.807) is 7.11 Å². The van der Waals surface area contributed by atoms with Gasteiger partial charge in [-0.05, 0) is 6.07 Å². The van der Waals surface area contributed by atoms with Crippen LogP contribution in [0.4, 0.5) is 0 Å². The van der Waals surface area contributed by atoms with Gasteiger partial charge in [0.15, 0.2) is 6.20 Å². The average Bonchev–Trinajstić information content (AvgIpc) is 2.92. The van der Waals surface area contributed by atoms with Gasteiger partial charge in [0.25, 0.3) is 0 Å². The minimum atomic E-state index is -1.22. The molecule has 0 atom stereocenters. The molecule has 5 aromatic rings. The van der Waals surface area contributed by atoms with E-state index in [1.807, 2.05) is 24.4 Å². The second-order valence-electron chi connectivity index (χ2n) is 7.94. The molecule has 0 aliphatic carbocycles. The predicted molar refractivity (Wildman–Crippen MR) is 140 cm³/mol. The van der Waals surface area contributed by atoms with Crippen LogP contribution >= 0.6 is 0 Å². The van der Waals surface area contributed by atoms with Gasteiger partial charge in [0, 0.05) is 6.07 Å². The monoisotopic (exact) mass is 429 g/mol. The van der Waals surface area contributed by atoms with Crippen molar-refractivity contribution in [3.8, 4) is 5.88 Å². The minimum Gasteiger partial charge on any atom is -0.448 e. The number of rotatable bonds is 5. The number of benzene rings is 4. The molecule has 1 N–H and O–H groups in total. The van der Waals surface area contributed by atoms with Crippen LogP contribution in [0, 0.1) is 0 Å². The van der Waals surface area contributed by atoms with Gasteiger partial charge >= 0.3 is 5.88 Å². The van der Waals surface area contributed by atoms with Crippen LogP contribution in [0.15, 0.2) is 146 Å². The summed E-state index contributed by atoms with van der Waals surface area (Å²) in [4.78, 5) is 2.90. The van der Waals surface area contributed by atoms with Crippen molar-refractivity contribution in [1.29, 1.82) is 0 Å². The molecule has 0 aliphatic heterocycles. The van der Waals surface area contributed by atoms with E-state index in [4.69, 9.17) is 4.74 Å². The first kappa shape index (κ1) is 22.1. The molecular formula is C30H28BNO. The van der Waals surface area contributed by atoms with Gasteiger partial charge in [-0.3, -0.25) is 0 Å². The Morgan fingerprint density at radius 1 is 0.455 bits per heavy atom. The molecule has 1 aromatic heterocycles. The fourth-order valence-electron chi connectivity index (χ4n) is 4.63. The summed E-state index contributed by atoms with van der Waals surface area (Å²) in [6.45, 7) is 0. The lowest BCUT2D eigenvalue weighted by Crippen LogP contribution is -2.74. The van der Waals surface area contributed by atoms with Gasteiger partial charge < -0.3 is 4.74 Å². The van der Waals surface area contributed by atoms with Crippen LogP contribution in [-0.4, -0.2) is 13.3 Å². The smallest absolute Gasteiger partial charge is 0.365 e. The number of hydrogen-bond donors (Lipinski definition) is 0. The lowest BCUT2D eigenvalue weighted by Gasteiger charge is -2.44. The van der Waals surface area contributed by atoms with Crippen molar-refractivity contribution in [3.05, 3.63) is 146 Å². The second kappa shape index (κ2) is 11.0. The molecule has 33 heavy (non-hydrogen) atoms. The normalized spacial score (nSPS) is 10.6. The Balaban J connectivity index is 0.000000275. The molecule has 0 amide bonds. The maximum Gasteiger partial charge on any atom is 0.365 e. The summed E-state index contributed by atoms with van der Waals surface area (Å²) in [7, 11) is 1.63. The van der Waals surface area contributed by atoms with E-state index in [1.165, 1.54) is 21.9 Å². The van der Waals surface area contributed by atoms with E-state index in [0.717, 1.165) is 5.88 Å². The third kappa shape index (κ3) is 4.88. The first-order chi connectivity index (χ1) is 16.4. The van der Waals surface area contributed by atoms with Crippen molar-refractivity contribution >= 4 is 28.0 Å². The van der Waals surface area contributed by atoms with Gasteiger partial charge in [-0.2, -0.15) is 26.8 Å². The zero-order valence-corrected chi connectivity index (χ0v) is 18.8. The molecule has 2 nitrogen and oxygen atoms in total. The highest BCUT2D eigenvalue weighted by molar-refractivity contribution is 7.19. The third-order valence-corrected chi connectivity index (χ3v) is 6.10. The van der Waals surface area contributed by atoms with Crippen molar-refractivity contribution in [2.45, 2.75) is 0 Å². The SMILES string of the molecule is COc1cccc[nH+]1.c1ccc([B-](c2ccccc2)(c2ccccc2)c2ccccc2)cc1. The summed E-state index contributed by atoms with van der Waals surface area (Å²) in [5.41, 5.74) is 5.36. The number of H-pyrrole nitrogens is 1. The Kier molecular flexibility index (Phi) is 7.34. The largest absolute Gasteiger partial charge is 0.448 e. The molecule has 3 heteroatoms. The second-order valence-corrected chi connectivity index (χ2v) is 7.94. The van der Waals surface area contributed by atoms with E-state index < -0.39 is 6.15 Å². The molecule has 0 saturated heterocycles. The highest BCUT2D eigenvalue weighted by atomic mass is 16.5. The first-order valence-corrected chi connectivity index (χ1v) is 11.2. The Hall–Kier alpha value is -4.11. The van der Waals surface area contributed by atoms with Crippen molar-refractivity contribution in [2.75, 3.05) is 7.11 Å². The van der Waals surface area contributed by atoms with Crippen LogP contribution in [0.5, 0.6) is 5.88 Å². The van der Waals surface area contributed by atoms with Crippen molar-refractivity contribution < 1.29 is 9.72 Å². The van der Waals surface area contributed by atoms with E-state index in [2.05, 4.69) is 126 Å². The van der Waals surface area contributed by atoms with Crippen LogP contribution in [0.2, 0.25) is 0 Å². The molecule has 0 saturated carbocycles. The molecule has 0 aliphatic rings. The average molecular weight is 429 g/mol. The molecule has 162 valence electrons. The summed E-state index contributed by atoms with van der Waals surface area (Å²) in [5, 5.41) is 0. The summed E-state index contributed by atoms with van der Waals surface area (Å²) >= 11 is 0. The van der Waals surface area contributed by atoms with E-state index in [0.29, 0.717) is 0 Å². The van der Waals surface area contributed by atoms with Crippen LogP contribution in [0.3, 0.4) is 0 Å². The molecule has 5 rings (SSSR count). The molecule has 0 radical (unpaired) electrons. The van der Waals surface area contributed by atoms with Gasteiger partial charge in [-0.15, -0.1) is 0 Å². The number of nitrogens with one attached hydrogen (secondary N) is 1. The fraction of sp³-hybridized carbons (Fsp3) is 0.0333. The Morgan fingerprint density at radius 3 is 1.03 bits per heavy atom. The molecular weight excluding hydrogens is 401 g/mol. The highest BCUT2D eigenvalue weighted by Crippen LogP contribution is 2.09. The van der Waals surface area contributed by atoms with E-state index in [9.17, 15) is 0 Å². The minimum absolute atomic E-state index is 0.785. The number of hydrogen-bond acceptors (Lipinski definition) is 1. The summed E-state index contributed by atoms with van der Waals surface area (Å²) in [6, 6.07) is 49.2. The number of aromatic amines is 1. The van der Waals surface area contributed by atoms with Crippen molar-refractivity contribution in [3.63, 3.8) is 0 Å². The predicted octanol–water partition coefficient (Wildman–Crippen LogP) is 3.57. The van der Waals surface area contributed by atoms with Crippen LogP contribution in [0.1, 0.15) is 0 Å². The zero-order valence-electron chi connectivity index (χ0n) is 18.8. The van der Waals surface area contributed by atoms with E-state index in [-0.39, 0.29) is 0 Å². The van der Waals surface area contributed by atoms with Crippen molar-refractivity contribution in [2.24, 2.45) is 0 Å². The summed E-state index contributed by atoms with van der Waals surface area (Å²) in [6.07, 6.45) is 0.603. The summed E-state index contributed by atoms with van der Waals surface area (Å²) in [5.74, 6) is 0.785. The number of ether oxygens (including phenoxy) is 1. The maximum absolute atomic E-state index is 4.86. The zero-order chi connectivity index (χ0) is 22.8. The van der Waals surface area contributed by atoms with Gasteiger partial charge in [-0.1, -0.05) is 121 Å². The Morgan fingerprint density at radius 2 is 0.788 bits per heavy atom. The number of aromatic nitrogens is 1. The van der Waals surface area contributed by atoms with Gasteiger partial charge in [-0.25, -0.2) is 0 Å². The Bertz CT molecular complexity index is 1050. The number of pyridine rings is 1. The lowest BCUT2D eigenvalue weighted by atomic mass is 9.13. The molecule has 0 spiro atoms. The van der Waals surface area contributed by atoms with Gasteiger partial charge in [0.2, 0.25) is 0 Å². The van der Waals surface area contributed by atoms with Crippen LogP contribution in [-0.2, 0) is 0 Å². The highest BCUT2D eigenvalue weighted by Gasteiger charge is 2.30. The molecule has 0 unspecified atom stereocenters. The summed E-state index contributed by atoms with van der Waals surface area (Å²) < 4.78 is 4.86. The van der Waals surface area contributed by atoms with Crippen molar-refractivity contribution in [1.82, 2.24) is 0 Å². The lowest BCUT2D eigenvalue weighted by molar-refractivity contribution is -0.392. The Labute approximate surface area is 196 Å². The maximum atomic E-state index is 4.86. The van der Waals surface area contributed by atoms with Crippen LogP contribution in [0.25, 0.3) is 0 Å². The third-order valence-electron chi connectivity index (χ3n) is 6.10. The first-order valence-electron chi connectivity index (χ1n) is 11.2. The number of methoxy groups -OCH3 is 1. The van der Waals surface area contributed by atoms with Gasteiger partial charge in [0.1, 0.15) is 6.15 Å². The molecule has 4 aromatic carbocycles. The topological polar surface area (TPSA) is 23.4 Å². The molecule has 1 heterocycles. The standard InChI is InChI=1S/C24H20B.C6H7NO/c1-5-13-21(14-6-1)25(22-15-7-2-8-16-22,23-17-9-3-10-18-23)24-19-11-4-12-20-24;1-8-6-4-2-3-5-7-6/h1-20H;2-5H,1H3/q-1;/p+1. The van der Waals surface area contributed by atoms with E-state index >= 15 is 0 Å². The fourth-order valence-corrected chi connectivity index (χ4v) is 4.63. The van der Waals surface area contributed by atoms with Gasteiger partial charge in [0.05, 0.1) is 13.2 Å². The molecule has 0 bridgehead atoms.